The van der Waals surface area contributed by atoms with Crippen molar-refractivity contribution in [3.05, 3.63) is 34.8 Å². The minimum atomic E-state index is 0.638. The molecule has 0 amide bonds. The number of hydrogen-bond acceptors (Lipinski definition) is 6. The fourth-order valence-electron chi connectivity index (χ4n) is 2.26. The molecule has 0 unspecified atom stereocenters. The normalized spacial score (nSPS) is 11.3. The van der Waals surface area contributed by atoms with E-state index in [1.54, 1.807) is 23.1 Å². The Morgan fingerprint density at radius 2 is 2.17 bits per heavy atom. The van der Waals surface area contributed by atoms with E-state index in [0.717, 1.165) is 28.7 Å². The van der Waals surface area contributed by atoms with Gasteiger partial charge in [-0.05, 0) is 31.7 Å². The summed E-state index contributed by atoms with van der Waals surface area (Å²) >= 11 is 3.27. The van der Waals surface area contributed by atoms with Gasteiger partial charge in [0.2, 0.25) is 11.7 Å². The third-order valence-corrected chi connectivity index (χ3v) is 5.52. The Kier molecular flexibility index (Phi) is 5.17. The Morgan fingerprint density at radius 1 is 1.30 bits per heavy atom. The van der Waals surface area contributed by atoms with Crippen LogP contribution in [0.4, 0.5) is 0 Å². The number of imidazole rings is 1. The Labute approximate surface area is 144 Å². The third-order valence-electron chi connectivity index (χ3n) is 3.69. The predicted octanol–water partition coefficient (Wildman–Crippen LogP) is 4.70. The van der Waals surface area contributed by atoms with E-state index >= 15 is 0 Å². The van der Waals surface area contributed by atoms with Crippen molar-refractivity contribution in [3.63, 3.8) is 0 Å². The monoisotopic (exact) mass is 348 g/mol. The molecule has 3 rings (SSSR count). The van der Waals surface area contributed by atoms with Gasteiger partial charge in [-0.3, -0.25) is 0 Å². The lowest BCUT2D eigenvalue weighted by Gasteiger charge is -2.08. The van der Waals surface area contributed by atoms with Gasteiger partial charge in [-0.2, -0.15) is 4.98 Å². The molecule has 3 heterocycles. The van der Waals surface area contributed by atoms with Gasteiger partial charge in [0.15, 0.2) is 5.16 Å². The lowest BCUT2D eigenvalue weighted by atomic mass is 10.3. The zero-order valence-electron chi connectivity index (χ0n) is 13.6. The number of thiophene rings is 1. The van der Waals surface area contributed by atoms with Crippen LogP contribution in [0.1, 0.15) is 37.0 Å². The van der Waals surface area contributed by atoms with Crippen LogP contribution in [0.5, 0.6) is 0 Å². The molecule has 5 nitrogen and oxygen atoms in total. The quantitative estimate of drug-likeness (QED) is 0.579. The zero-order chi connectivity index (χ0) is 16.2. The van der Waals surface area contributed by atoms with E-state index < -0.39 is 0 Å². The molecule has 0 radical (unpaired) electrons. The lowest BCUT2D eigenvalue weighted by Crippen LogP contribution is -2.02. The second-order valence-corrected chi connectivity index (χ2v) is 7.24. The van der Waals surface area contributed by atoms with Crippen LogP contribution in [0, 0.1) is 13.8 Å². The molecule has 0 N–H and O–H groups in total. The molecule has 0 saturated heterocycles. The van der Waals surface area contributed by atoms with Crippen LogP contribution in [-0.2, 0) is 12.3 Å². The van der Waals surface area contributed by atoms with Crippen molar-refractivity contribution in [2.75, 3.05) is 0 Å². The van der Waals surface area contributed by atoms with Crippen LogP contribution in [0.25, 0.3) is 10.7 Å². The molecule has 0 aliphatic carbocycles. The smallest absolute Gasteiger partial charge is 0.237 e. The van der Waals surface area contributed by atoms with E-state index in [1.807, 2.05) is 17.5 Å². The van der Waals surface area contributed by atoms with Crippen LogP contribution in [0.15, 0.2) is 27.2 Å². The number of unbranched alkanes of at least 4 members (excludes halogenated alkanes) is 1. The molecule has 0 bridgehead atoms. The largest absolute Gasteiger partial charge is 0.338 e. The number of thioether (sulfide) groups is 1. The van der Waals surface area contributed by atoms with Crippen molar-refractivity contribution >= 4 is 23.1 Å². The van der Waals surface area contributed by atoms with Crippen LogP contribution in [0.3, 0.4) is 0 Å². The fraction of sp³-hybridized carbons (Fsp3) is 0.438. The Hall–Kier alpha value is -1.60. The molecule has 0 aliphatic rings. The molecule has 3 aromatic rings. The SMILES string of the molecule is CCCCn1c(SCc2nc(-c3cccs3)no2)nc(C)c1C. The molecule has 0 fully saturated rings. The van der Waals surface area contributed by atoms with Gasteiger partial charge in [0.05, 0.1) is 16.3 Å². The first-order chi connectivity index (χ1) is 11.2. The first-order valence-electron chi connectivity index (χ1n) is 7.72. The molecule has 0 aliphatic heterocycles. The summed E-state index contributed by atoms with van der Waals surface area (Å²) in [7, 11) is 0. The highest BCUT2D eigenvalue weighted by Gasteiger charge is 2.14. The average molecular weight is 348 g/mol. The maximum Gasteiger partial charge on any atom is 0.237 e. The fourth-order valence-corrected chi connectivity index (χ4v) is 3.86. The first kappa shape index (κ1) is 16.3. The van der Waals surface area contributed by atoms with Gasteiger partial charge in [0.1, 0.15) is 0 Å². The van der Waals surface area contributed by atoms with Crippen LogP contribution >= 0.6 is 23.1 Å². The maximum atomic E-state index is 5.36. The number of aromatic nitrogens is 4. The van der Waals surface area contributed by atoms with E-state index in [1.165, 1.54) is 12.1 Å². The summed E-state index contributed by atoms with van der Waals surface area (Å²) in [5, 5.41) is 7.09. The highest BCUT2D eigenvalue weighted by Crippen LogP contribution is 2.26. The molecule has 0 spiro atoms. The molecular formula is C16H20N4OS2. The minimum absolute atomic E-state index is 0.638. The Balaban J connectivity index is 1.70. The van der Waals surface area contributed by atoms with Crippen molar-refractivity contribution in [2.24, 2.45) is 0 Å². The van der Waals surface area contributed by atoms with Gasteiger partial charge in [0.25, 0.3) is 0 Å². The van der Waals surface area contributed by atoms with Crippen LogP contribution in [-0.4, -0.2) is 19.7 Å². The second-order valence-electron chi connectivity index (χ2n) is 5.35. The molecule has 0 saturated carbocycles. The van der Waals surface area contributed by atoms with Crippen molar-refractivity contribution < 1.29 is 4.52 Å². The Morgan fingerprint density at radius 3 is 2.91 bits per heavy atom. The molecule has 0 atom stereocenters. The molecule has 3 aromatic heterocycles. The summed E-state index contributed by atoms with van der Waals surface area (Å²) < 4.78 is 7.65. The lowest BCUT2D eigenvalue weighted by molar-refractivity contribution is 0.391. The highest BCUT2D eigenvalue weighted by molar-refractivity contribution is 7.98. The number of aryl methyl sites for hydroxylation is 1. The van der Waals surface area contributed by atoms with Crippen molar-refractivity contribution in [2.45, 2.75) is 51.1 Å². The van der Waals surface area contributed by atoms with Gasteiger partial charge in [-0.15, -0.1) is 11.3 Å². The summed E-state index contributed by atoms with van der Waals surface area (Å²) in [4.78, 5) is 10.2. The molecule has 122 valence electrons. The standard InChI is InChI=1S/C16H20N4OS2/c1-4-5-8-20-12(3)11(2)17-16(20)23-10-14-18-15(19-21-14)13-7-6-9-22-13/h6-7,9H,4-5,8,10H2,1-3H3. The highest BCUT2D eigenvalue weighted by atomic mass is 32.2. The van der Waals surface area contributed by atoms with Crippen LogP contribution in [0.2, 0.25) is 0 Å². The van der Waals surface area contributed by atoms with Gasteiger partial charge in [0, 0.05) is 12.2 Å². The summed E-state index contributed by atoms with van der Waals surface area (Å²) in [5.74, 6) is 1.94. The van der Waals surface area contributed by atoms with Crippen LogP contribution < -0.4 is 0 Å². The van der Waals surface area contributed by atoms with E-state index in [2.05, 4.69) is 40.5 Å². The van der Waals surface area contributed by atoms with Crippen molar-refractivity contribution in [1.82, 2.24) is 19.7 Å². The second kappa shape index (κ2) is 7.31. The first-order valence-corrected chi connectivity index (χ1v) is 9.58. The number of nitrogens with zero attached hydrogens (tertiary/aromatic N) is 4. The van der Waals surface area contributed by atoms with Gasteiger partial charge >= 0.3 is 0 Å². The van der Waals surface area contributed by atoms with Gasteiger partial charge < -0.3 is 9.09 Å². The van der Waals surface area contributed by atoms with E-state index in [4.69, 9.17) is 4.52 Å². The van der Waals surface area contributed by atoms with Crippen molar-refractivity contribution in [1.29, 1.82) is 0 Å². The van der Waals surface area contributed by atoms with Crippen molar-refractivity contribution in [3.8, 4) is 10.7 Å². The average Bonchev–Trinajstić information content (AvgIpc) is 3.26. The van der Waals surface area contributed by atoms with Gasteiger partial charge in [-0.25, -0.2) is 4.98 Å². The molecule has 0 aromatic carbocycles. The zero-order valence-corrected chi connectivity index (χ0v) is 15.2. The topological polar surface area (TPSA) is 56.7 Å². The van der Waals surface area contributed by atoms with Gasteiger partial charge in [-0.1, -0.05) is 36.3 Å². The number of rotatable bonds is 7. The summed E-state index contributed by atoms with van der Waals surface area (Å²) in [6, 6.07) is 3.98. The summed E-state index contributed by atoms with van der Waals surface area (Å²) in [5.41, 5.74) is 2.33. The molecule has 23 heavy (non-hydrogen) atoms. The minimum Gasteiger partial charge on any atom is -0.338 e. The third kappa shape index (κ3) is 3.67. The summed E-state index contributed by atoms with van der Waals surface area (Å²) in [6.07, 6.45) is 2.34. The maximum absolute atomic E-state index is 5.36. The van der Waals surface area contributed by atoms with E-state index in [-0.39, 0.29) is 0 Å². The van der Waals surface area contributed by atoms with E-state index in [9.17, 15) is 0 Å². The van der Waals surface area contributed by atoms with E-state index in [0.29, 0.717) is 17.5 Å². The Bertz CT molecular complexity index is 761. The molecular weight excluding hydrogens is 328 g/mol. The molecule has 7 heteroatoms. The summed E-state index contributed by atoms with van der Waals surface area (Å²) in [6.45, 7) is 7.40. The predicted molar refractivity (Wildman–Crippen MR) is 93.8 cm³/mol. The number of hydrogen-bond donors (Lipinski definition) is 0.